The molecule has 0 aliphatic carbocycles. The maximum Gasteiger partial charge on any atom is 0.121 e. The fourth-order valence-electron chi connectivity index (χ4n) is 1.33. The van der Waals surface area contributed by atoms with Crippen molar-refractivity contribution in [3.8, 4) is 5.75 Å². The number of aromatic nitrogens is 2. The van der Waals surface area contributed by atoms with Crippen LogP contribution in [0.2, 0.25) is 0 Å². The molecule has 0 unspecified atom stereocenters. The third kappa shape index (κ3) is 1.33. The van der Waals surface area contributed by atoms with E-state index in [1.165, 1.54) is 0 Å². The summed E-state index contributed by atoms with van der Waals surface area (Å²) in [4.78, 5) is 8.25. The highest BCUT2D eigenvalue weighted by atomic mass is 16.3. The summed E-state index contributed by atoms with van der Waals surface area (Å²) in [5.41, 5.74) is 2.47. The molecule has 1 aromatic carbocycles. The monoisotopic (exact) mass is 174 g/mol. The normalized spacial score (nSPS) is 10.5. The standard InChI is InChI=1S/C10H10N2O/c1-2-7-5-8-9(6-10(7)13)12-4-3-11-8/h3-6,13H,2H2,1H3. The molecule has 0 aliphatic heterocycles. The van der Waals surface area contributed by atoms with E-state index in [0.717, 1.165) is 23.0 Å². The van der Waals surface area contributed by atoms with Crippen molar-refractivity contribution >= 4 is 11.0 Å². The van der Waals surface area contributed by atoms with Gasteiger partial charge in [-0.2, -0.15) is 0 Å². The van der Waals surface area contributed by atoms with E-state index in [0.29, 0.717) is 5.75 Å². The number of phenolic OH excluding ortho intramolecular Hbond substituents is 1. The molecule has 0 saturated heterocycles. The van der Waals surface area contributed by atoms with Gasteiger partial charge in [-0.15, -0.1) is 0 Å². The third-order valence-corrected chi connectivity index (χ3v) is 2.05. The Morgan fingerprint density at radius 3 is 2.38 bits per heavy atom. The second-order valence-electron chi connectivity index (χ2n) is 2.88. The first-order valence-electron chi connectivity index (χ1n) is 4.24. The minimum Gasteiger partial charge on any atom is -0.508 e. The van der Waals surface area contributed by atoms with Gasteiger partial charge in [-0.25, -0.2) is 0 Å². The zero-order valence-corrected chi connectivity index (χ0v) is 7.36. The van der Waals surface area contributed by atoms with Crippen LogP contribution in [0.5, 0.6) is 5.75 Å². The first kappa shape index (κ1) is 7.98. The molecule has 3 nitrogen and oxygen atoms in total. The second kappa shape index (κ2) is 3.01. The van der Waals surface area contributed by atoms with Crippen molar-refractivity contribution in [2.75, 3.05) is 0 Å². The van der Waals surface area contributed by atoms with Crippen LogP contribution in [-0.2, 0) is 6.42 Å². The van der Waals surface area contributed by atoms with Crippen LogP contribution < -0.4 is 0 Å². The van der Waals surface area contributed by atoms with Gasteiger partial charge < -0.3 is 5.11 Å². The van der Waals surface area contributed by atoms with Gasteiger partial charge in [-0.3, -0.25) is 9.97 Å². The molecular formula is C10H10N2O. The molecule has 2 aromatic rings. The van der Waals surface area contributed by atoms with Crippen LogP contribution in [0.3, 0.4) is 0 Å². The van der Waals surface area contributed by atoms with Crippen LogP contribution in [-0.4, -0.2) is 15.1 Å². The van der Waals surface area contributed by atoms with E-state index in [1.54, 1.807) is 18.5 Å². The molecule has 1 aromatic heterocycles. The average Bonchev–Trinajstić information content (AvgIpc) is 2.17. The van der Waals surface area contributed by atoms with Gasteiger partial charge in [0.2, 0.25) is 0 Å². The van der Waals surface area contributed by atoms with Crippen LogP contribution in [0.4, 0.5) is 0 Å². The summed E-state index contributed by atoms with van der Waals surface area (Å²) >= 11 is 0. The molecule has 0 radical (unpaired) electrons. The predicted octanol–water partition coefficient (Wildman–Crippen LogP) is 1.90. The molecule has 0 amide bonds. The summed E-state index contributed by atoms with van der Waals surface area (Å²) in [6, 6.07) is 3.53. The molecule has 0 fully saturated rings. The Morgan fingerprint density at radius 2 is 1.77 bits per heavy atom. The average molecular weight is 174 g/mol. The number of hydrogen-bond acceptors (Lipinski definition) is 3. The maximum absolute atomic E-state index is 9.54. The van der Waals surface area contributed by atoms with E-state index in [4.69, 9.17) is 0 Å². The van der Waals surface area contributed by atoms with Crippen LogP contribution in [0.25, 0.3) is 11.0 Å². The summed E-state index contributed by atoms with van der Waals surface area (Å²) in [5.74, 6) is 0.301. The van der Waals surface area contributed by atoms with Crippen molar-refractivity contribution in [2.24, 2.45) is 0 Å². The van der Waals surface area contributed by atoms with Crippen molar-refractivity contribution in [1.82, 2.24) is 9.97 Å². The van der Waals surface area contributed by atoms with Gasteiger partial charge >= 0.3 is 0 Å². The highest BCUT2D eigenvalue weighted by Gasteiger charge is 2.02. The smallest absolute Gasteiger partial charge is 0.121 e. The SMILES string of the molecule is CCc1cc2nccnc2cc1O. The highest BCUT2D eigenvalue weighted by molar-refractivity contribution is 5.76. The van der Waals surface area contributed by atoms with Crippen molar-refractivity contribution in [3.05, 3.63) is 30.1 Å². The number of benzene rings is 1. The highest BCUT2D eigenvalue weighted by Crippen LogP contribution is 2.22. The van der Waals surface area contributed by atoms with Gasteiger partial charge in [-0.05, 0) is 18.1 Å². The zero-order chi connectivity index (χ0) is 9.26. The Bertz CT molecular complexity index is 440. The molecule has 1 heterocycles. The van der Waals surface area contributed by atoms with E-state index < -0.39 is 0 Å². The van der Waals surface area contributed by atoms with E-state index in [2.05, 4.69) is 9.97 Å². The largest absolute Gasteiger partial charge is 0.508 e. The Balaban J connectivity index is 2.74. The Morgan fingerprint density at radius 1 is 1.15 bits per heavy atom. The van der Waals surface area contributed by atoms with E-state index in [1.807, 2.05) is 13.0 Å². The van der Waals surface area contributed by atoms with Crippen LogP contribution in [0, 0.1) is 0 Å². The minimum absolute atomic E-state index is 0.301. The zero-order valence-electron chi connectivity index (χ0n) is 7.36. The molecule has 66 valence electrons. The number of hydrogen-bond donors (Lipinski definition) is 1. The number of aryl methyl sites for hydroxylation is 1. The molecule has 2 rings (SSSR count). The summed E-state index contributed by atoms with van der Waals surface area (Å²) in [6.07, 6.45) is 4.07. The first-order valence-corrected chi connectivity index (χ1v) is 4.24. The Labute approximate surface area is 76.1 Å². The number of nitrogens with zero attached hydrogens (tertiary/aromatic N) is 2. The van der Waals surface area contributed by atoms with Crippen molar-refractivity contribution < 1.29 is 5.11 Å². The predicted molar refractivity (Wildman–Crippen MR) is 50.6 cm³/mol. The maximum atomic E-state index is 9.54. The van der Waals surface area contributed by atoms with Crippen molar-refractivity contribution in [1.29, 1.82) is 0 Å². The van der Waals surface area contributed by atoms with Crippen molar-refractivity contribution in [2.45, 2.75) is 13.3 Å². The number of rotatable bonds is 1. The van der Waals surface area contributed by atoms with Gasteiger partial charge in [0, 0.05) is 18.5 Å². The molecule has 0 aliphatic rings. The van der Waals surface area contributed by atoms with E-state index >= 15 is 0 Å². The lowest BCUT2D eigenvalue weighted by atomic mass is 10.1. The first-order chi connectivity index (χ1) is 6.31. The van der Waals surface area contributed by atoms with Crippen molar-refractivity contribution in [3.63, 3.8) is 0 Å². The number of fused-ring (bicyclic) bond motifs is 1. The molecule has 0 bridgehead atoms. The summed E-state index contributed by atoms with van der Waals surface area (Å²) in [7, 11) is 0. The lowest BCUT2D eigenvalue weighted by Gasteiger charge is -2.02. The van der Waals surface area contributed by atoms with E-state index in [9.17, 15) is 5.11 Å². The third-order valence-electron chi connectivity index (χ3n) is 2.05. The molecule has 1 N–H and O–H groups in total. The van der Waals surface area contributed by atoms with Gasteiger partial charge in [-0.1, -0.05) is 6.92 Å². The van der Waals surface area contributed by atoms with Crippen LogP contribution >= 0.6 is 0 Å². The molecule has 13 heavy (non-hydrogen) atoms. The van der Waals surface area contributed by atoms with Crippen LogP contribution in [0.15, 0.2) is 24.5 Å². The fraction of sp³-hybridized carbons (Fsp3) is 0.200. The summed E-state index contributed by atoms with van der Waals surface area (Å²) < 4.78 is 0. The van der Waals surface area contributed by atoms with E-state index in [-0.39, 0.29) is 0 Å². The number of phenols is 1. The second-order valence-corrected chi connectivity index (χ2v) is 2.88. The summed E-state index contributed by atoms with van der Waals surface area (Å²) in [5, 5.41) is 9.54. The van der Waals surface area contributed by atoms with Gasteiger partial charge in [0.25, 0.3) is 0 Å². The quantitative estimate of drug-likeness (QED) is 0.718. The molecule has 0 spiro atoms. The van der Waals surface area contributed by atoms with Gasteiger partial charge in [0.05, 0.1) is 11.0 Å². The fourth-order valence-corrected chi connectivity index (χ4v) is 1.33. The Hall–Kier alpha value is -1.64. The van der Waals surface area contributed by atoms with Gasteiger partial charge in [0.1, 0.15) is 5.75 Å². The molecular weight excluding hydrogens is 164 g/mol. The number of aromatic hydroxyl groups is 1. The molecule has 0 atom stereocenters. The topological polar surface area (TPSA) is 46.0 Å². The summed E-state index contributed by atoms with van der Waals surface area (Å²) in [6.45, 7) is 2.00. The molecule has 3 heteroatoms. The van der Waals surface area contributed by atoms with Crippen LogP contribution in [0.1, 0.15) is 12.5 Å². The lowest BCUT2D eigenvalue weighted by Crippen LogP contribution is -1.86. The minimum atomic E-state index is 0.301. The Kier molecular flexibility index (Phi) is 1.85. The van der Waals surface area contributed by atoms with Gasteiger partial charge in [0.15, 0.2) is 0 Å². The lowest BCUT2D eigenvalue weighted by molar-refractivity contribution is 0.469. The molecule has 0 saturated carbocycles.